The van der Waals surface area contributed by atoms with E-state index in [9.17, 15) is 4.79 Å². The zero-order valence-electron chi connectivity index (χ0n) is 9.10. The van der Waals surface area contributed by atoms with E-state index in [2.05, 4.69) is 12.6 Å². The lowest BCUT2D eigenvalue weighted by Gasteiger charge is -2.15. The van der Waals surface area contributed by atoms with E-state index < -0.39 is 0 Å². The van der Waals surface area contributed by atoms with Gasteiger partial charge >= 0.3 is 0 Å². The van der Waals surface area contributed by atoms with Crippen LogP contribution in [0.4, 0.5) is 10.5 Å². The van der Waals surface area contributed by atoms with E-state index in [0.717, 1.165) is 11.4 Å². The fourth-order valence-corrected chi connectivity index (χ4v) is 1.25. The molecule has 0 aliphatic heterocycles. The van der Waals surface area contributed by atoms with E-state index >= 15 is 0 Å². The molecule has 3 nitrogen and oxygen atoms in total. The number of ether oxygens (including phenoxy) is 1. The van der Waals surface area contributed by atoms with Crippen molar-refractivity contribution in [2.45, 2.75) is 20.0 Å². The largest absolute Gasteiger partial charge is 0.491 e. The standard InChI is InChI=1S/C11H15NO2S/c1-8(2)14-10-6-4-9(5-7-10)12(3)11(13)15/h4-8H,1-3H3,(H,13,15). The summed E-state index contributed by atoms with van der Waals surface area (Å²) in [6.45, 7) is 3.94. The van der Waals surface area contributed by atoms with Crippen molar-refractivity contribution in [1.29, 1.82) is 0 Å². The highest BCUT2D eigenvalue weighted by Gasteiger charge is 2.06. The van der Waals surface area contributed by atoms with E-state index in [0.29, 0.717) is 0 Å². The third-order valence-electron chi connectivity index (χ3n) is 1.88. The Hall–Kier alpha value is -1.16. The lowest BCUT2D eigenvalue weighted by Crippen LogP contribution is -2.19. The number of rotatable bonds is 3. The van der Waals surface area contributed by atoms with Crippen LogP contribution in [0.25, 0.3) is 0 Å². The summed E-state index contributed by atoms with van der Waals surface area (Å²) in [7, 11) is 1.67. The van der Waals surface area contributed by atoms with Gasteiger partial charge in [0.1, 0.15) is 5.75 Å². The number of carbonyl (C=O) groups excluding carboxylic acids is 1. The van der Waals surface area contributed by atoms with Crippen molar-refractivity contribution in [3.63, 3.8) is 0 Å². The van der Waals surface area contributed by atoms with Gasteiger partial charge in [-0.25, -0.2) is 0 Å². The number of nitrogens with zero attached hydrogens (tertiary/aromatic N) is 1. The lowest BCUT2D eigenvalue weighted by molar-refractivity contribution is 0.242. The van der Waals surface area contributed by atoms with E-state index in [4.69, 9.17) is 4.74 Å². The zero-order chi connectivity index (χ0) is 11.4. The Bertz CT molecular complexity index is 335. The first-order chi connectivity index (χ1) is 7.00. The highest BCUT2D eigenvalue weighted by Crippen LogP contribution is 2.20. The number of hydrogen-bond donors (Lipinski definition) is 1. The van der Waals surface area contributed by atoms with Crippen LogP contribution in [0.3, 0.4) is 0 Å². The van der Waals surface area contributed by atoms with Gasteiger partial charge in [0, 0.05) is 12.7 Å². The molecule has 0 aromatic heterocycles. The molecular weight excluding hydrogens is 210 g/mol. The van der Waals surface area contributed by atoms with Crippen molar-refractivity contribution in [3.05, 3.63) is 24.3 Å². The summed E-state index contributed by atoms with van der Waals surface area (Å²) in [6, 6.07) is 7.32. The maximum absolute atomic E-state index is 11.0. The summed E-state index contributed by atoms with van der Waals surface area (Å²) in [4.78, 5) is 12.4. The number of anilines is 1. The van der Waals surface area contributed by atoms with Crippen molar-refractivity contribution in [2.75, 3.05) is 11.9 Å². The molecule has 0 aliphatic carbocycles. The predicted molar refractivity (Wildman–Crippen MR) is 65.0 cm³/mol. The summed E-state index contributed by atoms with van der Waals surface area (Å²) in [5.74, 6) is 0.800. The molecule has 0 N–H and O–H groups in total. The Morgan fingerprint density at radius 3 is 2.27 bits per heavy atom. The number of hydrogen-bond acceptors (Lipinski definition) is 2. The molecule has 1 aromatic carbocycles. The number of amides is 1. The van der Waals surface area contributed by atoms with Crippen LogP contribution in [-0.4, -0.2) is 18.4 Å². The molecule has 1 aromatic rings. The average molecular weight is 225 g/mol. The highest BCUT2D eigenvalue weighted by molar-refractivity contribution is 7.96. The molecule has 82 valence electrons. The van der Waals surface area contributed by atoms with Gasteiger partial charge in [-0.1, -0.05) is 12.6 Å². The molecule has 0 bridgehead atoms. The summed E-state index contributed by atoms with van der Waals surface area (Å²) in [5.41, 5.74) is 0.797. The third kappa shape index (κ3) is 3.47. The molecule has 1 amide bonds. The lowest BCUT2D eigenvalue weighted by atomic mass is 10.3. The van der Waals surface area contributed by atoms with Gasteiger partial charge in [0.2, 0.25) is 0 Å². The van der Waals surface area contributed by atoms with Crippen LogP contribution in [0.2, 0.25) is 0 Å². The summed E-state index contributed by atoms with van der Waals surface area (Å²) in [6.07, 6.45) is 0.153. The van der Waals surface area contributed by atoms with Gasteiger partial charge in [-0.05, 0) is 38.1 Å². The van der Waals surface area contributed by atoms with E-state index in [1.807, 2.05) is 38.1 Å². The number of carbonyl (C=O) groups is 1. The van der Waals surface area contributed by atoms with Gasteiger partial charge in [0.25, 0.3) is 5.24 Å². The zero-order valence-corrected chi connectivity index (χ0v) is 9.99. The first kappa shape index (κ1) is 11.9. The first-order valence-electron chi connectivity index (χ1n) is 4.74. The topological polar surface area (TPSA) is 29.5 Å². The van der Waals surface area contributed by atoms with E-state index in [1.54, 1.807) is 7.05 Å². The molecule has 0 aliphatic rings. The number of benzene rings is 1. The smallest absolute Gasteiger partial charge is 0.282 e. The van der Waals surface area contributed by atoms with Gasteiger partial charge in [0.05, 0.1) is 6.10 Å². The Morgan fingerprint density at radius 2 is 1.87 bits per heavy atom. The summed E-state index contributed by atoms with van der Waals surface area (Å²) < 4.78 is 5.49. The molecule has 0 saturated heterocycles. The van der Waals surface area contributed by atoms with Crippen LogP contribution in [-0.2, 0) is 0 Å². The van der Waals surface area contributed by atoms with Crippen molar-refractivity contribution < 1.29 is 9.53 Å². The SMILES string of the molecule is CC(C)Oc1ccc(N(C)C(=O)S)cc1. The monoisotopic (exact) mass is 225 g/mol. The maximum Gasteiger partial charge on any atom is 0.282 e. The molecule has 0 fully saturated rings. The molecule has 0 saturated carbocycles. The molecule has 15 heavy (non-hydrogen) atoms. The molecule has 0 spiro atoms. The van der Waals surface area contributed by atoms with E-state index in [1.165, 1.54) is 4.90 Å². The average Bonchev–Trinajstić information content (AvgIpc) is 2.17. The normalized spacial score (nSPS) is 10.2. The van der Waals surface area contributed by atoms with Gasteiger partial charge in [0.15, 0.2) is 0 Å². The van der Waals surface area contributed by atoms with Crippen LogP contribution < -0.4 is 9.64 Å². The minimum atomic E-state index is -0.285. The molecule has 0 radical (unpaired) electrons. The van der Waals surface area contributed by atoms with Crippen LogP contribution >= 0.6 is 12.6 Å². The summed E-state index contributed by atoms with van der Waals surface area (Å²) in [5, 5.41) is -0.285. The molecule has 0 atom stereocenters. The fourth-order valence-electron chi connectivity index (χ4n) is 1.13. The molecule has 0 heterocycles. The van der Waals surface area contributed by atoms with Crippen molar-refractivity contribution in [3.8, 4) is 5.75 Å². The van der Waals surface area contributed by atoms with Crippen molar-refractivity contribution in [1.82, 2.24) is 0 Å². The second kappa shape index (κ2) is 5.07. The minimum absolute atomic E-state index is 0.153. The van der Waals surface area contributed by atoms with Crippen LogP contribution in [0.15, 0.2) is 24.3 Å². The number of thiol groups is 1. The van der Waals surface area contributed by atoms with Gasteiger partial charge in [-0.2, -0.15) is 0 Å². The van der Waals surface area contributed by atoms with E-state index in [-0.39, 0.29) is 11.3 Å². The minimum Gasteiger partial charge on any atom is -0.491 e. The Balaban J connectivity index is 2.76. The Labute approximate surface area is 95.4 Å². The Kier molecular flexibility index (Phi) is 4.03. The molecule has 4 heteroatoms. The quantitative estimate of drug-likeness (QED) is 0.801. The van der Waals surface area contributed by atoms with Crippen LogP contribution in [0.5, 0.6) is 5.75 Å². The highest BCUT2D eigenvalue weighted by atomic mass is 32.1. The molecular formula is C11H15NO2S. The van der Waals surface area contributed by atoms with Gasteiger partial charge in [-0.3, -0.25) is 4.79 Å². The van der Waals surface area contributed by atoms with Crippen LogP contribution in [0.1, 0.15) is 13.8 Å². The molecule has 1 rings (SSSR count). The van der Waals surface area contributed by atoms with Gasteiger partial charge < -0.3 is 9.64 Å². The fraction of sp³-hybridized carbons (Fsp3) is 0.364. The first-order valence-corrected chi connectivity index (χ1v) is 5.19. The van der Waals surface area contributed by atoms with Gasteiger partial charge in [-0.15, -0.1) is 0 Å². The molecule has 0 unspecified atom stereocenters. The Morgan fingerprint density at radius 1 is 1.33 bits per heavy atom. The third-order valence-corrected chi connectivity index (χ3v) is 2.18. The second-order valence-electron chi connectivity index (χ2n) is 3.50. The van der Waals surface area contributed by atoms with Crippen molar-refractivity contribution in [2.24, 2.45) is 0 Å². The predicted octanol–water partition coefficient (Wildman–Crippen LogP) is 2.96. The maximum atomic E-state index is 11.0. The second-order valence-corrected chi connectivity index (χ2v) is 3.88. The van der Waals surface area contributed by atoms with Crippen LogP contribution in [0, 0.1) is 0 Å². The van der Waals surface area contributed by atoms with Crippen molar-refractivity contribution >= 4 is 23.6 Å². The summed E-state index contributed by atoms with van der Waals surface area (Å²) >= 11 is 3.74.